The van der Waals surface area contributed by atoms with E-state index in [1.54, 1.807) is 4.90 Å². The molecule has 0 saturated carbocycles. The highest BCUT2D eigenvalue weighted by Crippen LogP contribution is 2.36. The van der Waals surface area contributed by atoms with Gasteiger partial charge in [-0.2, -0.15) is 0 Å². The van der Waals surface area contributed by atoms with E-state index in [2.05, 4.69) is 21.2 Å². The third-order valence-electron chi connectivity index (χ3n) is 5.00. The van der Waals surface area contributed by atoms with Crippen LogP contribution in [0.3, 0.4) is 0 Å². The molecule has 2 aliphatic rings. The monoisotopic (exact) mass is 532 g/mol. The van der Waals surface area contributed by atoms with Crippen LogP contribution in [0.15, 0.2) is 51.8 Å². The lowest BCUT2D eigenvalue weighted by Crippen LogP contribution is -2.29. The molecule has 0 atom stereocenters. The Morgan fingerprint density at radius 1 is 1.16 bits per heavy atom. The molecule has 1 fully saturated rings. The fourth-order valence-electron chi connectivity index (χ4n) is 3.35. The lowest BCUT2D eigenvalue weighted by Gasteiger charge is -2.14. The van der Waals surface area contributed by atoms with Gasteiger partial charge in [0.15, 0.2) is 11.5 Å². The van der Waals surface area contributed by atoms with Crippen molar-refractivity contribution in [2.45, 2.75) is 25.7 Å². The van der Waals surface area contributed by atoms with Crippen molar-refractivity contribution in [3.63, 3.8) is 0 Å². The van der Waals surface area contributed by atoms with Crippen LogP contribution in [0.1, 0.15) is 31.2 Å². The summed E-state index contributed by atoms with van der Waals surface area (Å²) in [6, 6.07) is 13.1. The normalized spacial score (nSPS) is 16.2. The number of anilines is 1. The van der Waals surface area contributed by atoms with E-state index in [1.807, 2.05) is 48.5 Å². The smallest absolute Gasteiger partial charge is 0.266 e. The van der Waals surface area contributed by atoms with Crippen molar-refractivity contribution in [3.8, 4) is 11.5 Å². The van der Waals surface area contributed by atoms with E-state index < -0.39 is 0 Å². The van der Waals surface area contributed by atoms with Gasteiger partial charge in [-0.25, -0.2) is 0 Å². The average molecular weight is 533 g/mol. The van der Waals surface area contributed by atoms with Crippen LogP contribution < -0.4 is 14.8 Å². The quantitative estimate of drug-likeness (QED) is 0.272. The number of fused-ring (bicyclic) bond motifs is 1. The Morgan fingerprint density at radius 3 is 2.81 bits per heavy atom. The van der Waals surface area contributed by atoms with Crippen LogP contribution in [0.25, 0.3) is 6.08 Å². The number of unbranched alkanes of at least 4 members (excludes halogenated alkanes) is 2. The second kappa shape index (κ2) is 10.5. The molecule has 0 radical (unpaired) electrons. The molecule has 2 amide bonds. The van der Waals surface area contributed by atoms with Gasteiger partial charge in [-0.1, -0.05) is 48.6 Å². The Labute approximate surface area is 204 Å². The first-order valence-corrected chi connectivity index (χ1v) is 12.2. The van der Waals surface area contributed by atoms with Crippen molar-refractivity contribution in [1.29, 1.82) is 0 Å². The summed E-state index contributed by atoms with van der Waals surface area (Å²) in [5, 5.41) is 2.90. The lowest BCUT2D eigenvalue weighted by molar-refractivity contribution is -0.122. The standard InChI is InChI=1S/C23H21BrN2O4S2/c24-16-6-3-4-7-17(16)25-21(27)8-2-1-5-11-26-22(28)20(32-23(26)31)13-15-9-10-18-19(12-15)30-14-29-18/h3-4,6-7,9-10,12-13H,1-2,5,8,11,14H2,(H,25,27). The molecule has 1 N–H and O–H groups in total. The Balaban J connectivity index is 1.23. The molecule has 6 nitrogen and oxygen atoms in total. The molecule has 166 valence electrons. The first-order chi connectivity index (χ1) is 15.5. The van der Waals surface area contributed by atoms with Crippen LogP contribution in [0.4, 0.5) is 5.69 Å². The predicted octanol–water partition coefficient (Wildman–Crippen LogP) is 5.58. The summed E-state index contributed by atoms with van der Waals surface area (Å²) < 4.78 is 12.1. The minimum absolute atomic E-state index is 0.0193. The molecular formula is C23H21BrN2O4S2. The van der Waals surface area contributed by atoms with E-state index in [0.29, 0.717) is 33.7 Å². The van der Waals surface area contributed by atoms with Crippen LogP contribution in [-0.2, 0) is 9.59 Å². The van der Waals surface area contributed by atoms with Crippen molar-refractivity contribution in [3.05, 3.63) is 57.4 Å². The molecule has 2 aromatic rings. The number of benzene rings is 2. The Morgan fingerprint density at radius 2 is 1.97 bits per heavy atom. The number of carbonyl (C=O) groups excluding carboxylic acids is 2. The van der Waals surface area contributed by atoms with Gasteiger partial charge in [-0.15, -0.1) is 0 Å². The minimum Gasteiger partial charge on any atom is -0.454 e. The summed E-state index contributed by atoms with van der Waals surface area (Å²) in [5.74, 6) is 1.29. The molecule has 2 aromatic carbocycles. The lowest BCUT2D eigenvalue weighted by atomic mass is 10.1. The van der Waals surface area contributed by atoms with Crippen molar-refractivity contribution in [2.75, 3.05) is 18.7 Å². The summed E-state index contributed by atoms with van der Waals surface area (Å²) in [6.45, 7) is 0.765. The Hall–Kier alpha value is -2.36. The summed E-state index contributed by atoms with van der Waals surface area (Å²) in [5.41, 5.74) is 1.63. The molecule has 0 spiro atoms. The largest absolute Gasteiger partial charge is 0.454 e. The molecule has 0 bridgehead atoms. The van der Waals surface area contributed by atoms with Crippen LogP contribution in [-0.4, -0.2) is 34.4 Å². The number of hydrogen-bond acceptors (Lipinski definition) is 6. The summed E-state index contributed by atoms with van der Waals surface area (Å²) in [6.07, 6.45) is 4.63. The maximum absolute atomic E-state index is 12.8. The van der Waals surface area contributed by atoms with Gasteiger partial charge in [-0.05, 0) is 64.7 Å². The second-order valence-electron chi connectivity index (χ2n) is 7.28. The van der Waals surface area contributed by atoms with Gasteiger partial charge in [0.25, 0.3) is 5.91 Å². The number of thiocarbonyl (C=S) groups is 1. The zero-order valence-electron chi connectivity index (χ0n) is 17.1. The van der Waals surface area contributed by atoms with E-state index in [9.17, 15) is 9.59 Å². The third-order valence-corrected chi connectivity index (χ3v) is 7.07. The molecule has 4 rings (SSSR count). The first-order valence-electron chi connectivity index (χ1n) is 10.2. The summed E-state index contributed by atoms with van der Waals surface area (Å²) in [4.78, 5) is 27.2. The first kappa shape index (κ1) is 22.8. The van der Waals surface area contributed by atoms with Crippen LogP contribution >= 0.6 is 39.9 Å². The zero-order chi connectivity index (χ0) is 22.5. The van der Waals surface area contributed by atoms with Gasteiger partial charge in [0, 0.05) is 17.4 Å². The van der Waals surface area contributed by atoms with Crippen molar-refractivity contribution < 1.29 is 19.1 Å². The van der Waals surface area contributed by atoms with Gasteiger partial charge < -0.3 is 14.8 Å². The maximum Gasteiger partial charge on any atom is 0.266 e. The number of thioether (sulfide) groups is 1. The molecule has 1 saturated heterocycles. The molecule has 0 unspecified atom stereocenters. The van der Waals surface area contributed by atoms with Crippen molar-refractivity contribution in [2.24, 2.45) is 0 Å². The average Bonchev–Trinajstić information content (AvgIpc) is 3.34. The fraction of sp³-hybridized carbons (Fsp3) is 0.261. The van der Waals surface area contributed by atoms with E-state index in [-0.39, 0.29) is 18.6 Å². The summed E-state index contributed by atoms with van der Waals surface area (Å²) >= 11 is 10.1. The molecule has 9 heteroatoms. The number of para-hydroxylation sites is 1. The van der Waals surface area contributed by atoms with E-state index in [1.165, 1.54) is 11.8 Å². The number of carbonyl (C=O) groups is 2. The Bertz CT molecular complexity index is 1090. The number of amides is 2. The SMILES string of the molecule is O=C(CCCCCN1C(=O)C(=Cc2ccc3c(c2)OCO3)SC1=S)Nc1ccccc1Br. The van der Waals surface area contributed by atoms with Crippen LogP contribution in [0, 0.1) is 0 Å². The molecule has 32 heavy (non-hydrogen) atoms. The highest BCUT2D eigenvalue weighted by Gasteiger charge is 2.31. The highest BCUT2D eigenvalue weighted by molar-refractivity contribution is 9.10. The predicted molar refractivity (Wildman–Crippen MR) is 134 cm³/mol. The van der Waals surface area contributed by atoms with Gasteiger partial charge in [0.05, 0.1) is 10.6 Å². The van der Waals surface area contributed by atoms with Gasteiger partial charge in [0.1, 0.15) is 4.32 Å². The number of nitrogens with zero attached hydrogens (tertiary/aromatic N) is 1. The van der Waals surface area contributed by atoms with Crippen LogP contribution in [0.5, 0.6) is 11.5 Å². The van der Waals surface area contributed by atoms with E-state index in [0.717, 1.165) is 35.0 Å². The van der Waals surface area contributed by atoms with Gasteiger partial charge >= 0.3 is 0 Å². The Kier molecular flexibility index (Phi) is 7.49. The molecule has 0 aromatic heterocycles. The van der Waals surface area contributed by atoms with Gasteiger partial charge in [0.2, 0.25) is 12.7 Å². The van der Waals surface area contributed by atoms with Crippen molar-refractivity contribution in [1.82, 2.24) is 4.90 Å². The van der Waals surface area contributed by atoms with E-state index in [4.69, 9.17) is 21.7 Å². The molecular weight excluding hydrogens is 512 g/mol. The topological polar surface area (TPSA) is 67.9 Å². The third kappa shape index (κ3) is 5.51. The second-order valence-corrected chi connectivity index (χ2v) is 9.81. The number of rotatable bonds is 8. The molecule has 0 aliphatic carbocycles. The zero-order valence-corrected chi connectivity index (χ0v) is 20.4. The maximum atomic E-state index is 12.8. The molecule has 2 heterocycles. The van der Waals surface area contributed by atoms with Crippen LogP contribution in [0.2, 0.25) is 0 Å². The van der Waals surface area contributed by atoms with Gasteiger partial charge in [-0.3, -0.25) is 14.5 Å². The number of halogens is 1. The summed E-state index contributed by atoms with van der Waals surface area (Å²) in [7, 11) is 0. The van der Waals surface area contributed by atoms with Crippen molar-refractivity contribution >= 4 is 67.8 Å². The number of ether oxygens (including phenoxy) is 2. The highest BCUT2D eigenvalue weighted by atomic mass is 79.9. The minimum atomic E-state index is -0.0793. The molecule has 2 aliphatic heterocycles. The fourth-order valence-corrected chi connectivity index (χ4v) is 5.05. The van der Waals surface area contributed by atoms with E-state index >= 15 is 0 Å². The number of hydrogen-bond donors (Lipinski definition) is 1. The number of nitrogens with one attached hydrogen (secondary N) is 1.